The van der Waals surface area contributed by atoms with Crippen LogP contribution in [-0.4, -0.2) is 17.1 Å². The predicted molar refractivity (Wildman–Crippen MR) is 111 cm³/mol. The van der Waals surface area contributed by atoms with E-state index in [1.807, 2.05) is 11.8 Å². The Bertz CT molecular complexity index is 573. The third-order valence-electron chi connectivity index (χ3n) is 7.78. The Morgan fingerprint density at radius 3 is 2.72 bits per heavy atom. The molecule has 4 unspecified atom stereocenters. The van der Waals surface area contributed by atoms with Crippen LogP contribution >= 0.6 is 11.8 Å². The summed E-state index contributed by atoms with van der Waals surface area (Å²) >= 11 is 2.05. The lowest BCUT2D eigenvalue weighted by Gasteiger charge is -2.52. The van der Waals surface area contributed by atoms with Gasteiger partial charge in [0.2, 0.25) is 0 Å². The van der Waals surface area contributed by atoms with Crippen molar-refractivity contribution in [2.24, 2.45) is 29.1 Å². The zero-order chi connectivity index (χ0) is 18.0. The Balaban J connectivity index is 1.91. The van der Waals surface area contributed by atoms with Crippen molar-refractivity contribution in [2.45, 2.75) is 65.7 Å². The summed E-state index contributed by atoms with van der Waals surface area (Å²) in [6.45, 7) is 6.94. The number of hydrogen-bond acceptors (Lipinski definition) is 2. The molecule has 3 aliphatic rings. The molecule has 0 aromatic carbocycles. The molecular formula is C23H36OS. The van der Waals surface area contributed by atoms with Crippen LogP contribution in [-0.2, 0) is 0 Å². The van der Waals surface area contributed by atoms with Crippen molar-refractivity contribution < 1.29 is 5.11 Å². The van der Waals surface area contributed by atoms with E-state index in [2.05, 4.69) is 39.2 Å². The van der Waals surface area contributed by atoms with Gasteiger partial charge in [0.1, 0.15) is 0 Å². The second-order valence-corrected chi connectivity index (χ2v) is 9.57. The summed E-state index contributed by atoms with van der Waals surface area (Å²) in [4.78, 5) is 0. The minimum atomic E-state index is 0.573. The van der Waals surface area contributed by atoms with Crippen LogP contribution in [0.2, 0.25) is 0 Å². The van der Waals surface area contributed by atoms with Gasteiger partial charge in [0.25, 0.3) is 0 Å². The molecule has 0 heterocycles. The fraction of sp³-hybridized carbons (Fsp3) is 0.739. The van der Waals surface area contributed by atoms with E-state index in [9.17, 15) is 5.11 Å². The Labute approximate surface area is 159 Å². The smallest absolute Gasteiger partial charge is 0.0823 e. The summed E-state index contributed by atoms with van der Waals surface area (Å²) < 4.78 is 0. The first-order chi connectivity index (χ1) is 12.1. The first-order valence-corrected chi connectivity index (χ1v) is 11.7. The molecule has 5 atom stereocenters. The number of rotatable bonds is 4. The average Bonchev–Trinajstić information content (AvgIpc) is 2.96. The minimum Gasteiger partial charge on any atom is -0.515 e. The number of fused-ring (bicyclic) bond motifs is 3. The normalized spacial score (nSPS) is 41.8. The van der Waals surface area contributed by atoms with Crippen molar-refractivity contribution in [3.8, 4) is 0 Å². The van der Waals surface area contributed by atoms with Gasteiger partial charge in [-0.05, 0) is 110 Å². The van der Waals surface area contributed by atoms with Crippen LogP contribution in [0, 0.1) is 29.1 Å². The molecule has 3 rings (SSSR count). The van der Waals surface area contributed by atoms with E-state index in [4.69, 9.17) is 0 Å². The van der Waals surface area contributed by atoms with Crippen molar-refractivity contribution in [1.29, 1.82) is 0 Å². The lowest BCUT2D eigenvalue weighted by molar-refractivity contribution is 0.0213. The van der Waals surface area contributed by atoms with E-state index in [0.29, 0.717) is 11.3 Å². The second-order valence-electron chi connectivity index (χ2n) is 8.66. The molecule has 3 aliphatic carbocycles. The van der Waals surface area contributed by atoms with Gasteiger partial charge in [0.15, 0.2) is 0 Å². The topological polar surface area (TPSA) is 20.2 Å². The monoisotopic (exact) mass is 360 g/mol. The highest BCUT2D eigenvalue weighted by atomic mass is 32.2. The number of allylic oxidation sites excluding steroid dienone is 5. The summed E-state index contributed by atoms with van der Waals surface area (Å²) in [5, 5.41) is 9.57. The molecule has 0 spiro atoms. The second kappa shape index (κ2) is 7.94. The number of aliphatic hydroxyl groups excluding tert-OH is 1. The fourth-order valence-corrected chi connectivity index (χ4v) is 7.26. The van der Waals surface area contributed by atoms with Gasteiger partial charge in [-0.2, -0.15) is 11.8 Å². The summed E-state index contributed by atoms with van der Waals surface area (Å²) in [5.41, 5.74) is 4.74. The molecule has 3 fully saturated rings. The number of thioether (sulfide) groups is 1. The summed E-state index contributed by atoms with van der Waals surface area (Å²) in [6, 6.07) is 0. The largest absolute Gasteiger partial charge is 0.515 e. The molecule has 0 radical (unpaired) electrons. The van der Waals surface area contributed by atoms with Crippen LogP contribution in [0.5, 0.6) is 0 Å². The maximum Gasteiger partial charge on any atom is 0.0823 e. The molecule has 2 heteroatoms. The molecule has 0 saturated heterocycles. The quantitative estimate of drug-likeness (QED) is 0.549. The molecule has 0 aromatic rings. The van der Waals surface area contributed by atoms with E-state index in [1.165, 1.54) is 56.1 Å². The third kappa shape index (κ3) is 3.36. The van der Waals surface area contributed by atoms with Crippen molar-refractivity contribution in [1.82, 2.24) is 0 Å². The van der Waals surface area contributed by atoms with E-state index in [1.54, 1.807) is 5.57 Å². The molecule has 0 amide bonds. The van der Waals surface area contributed by atoms with E-state index in [0.717, 1.165) is 29.7 Å². The van der Waals surface area contributed by atoms with Gasteiger partial charge in [-0.1, -0.05) is 26.0 Å². The van der Waals surface area contributed by atoms with Crippen molar-refractivity contribution in [3.05, 3.63) is 35.1 Å². The molecule has 0 aliphatic heterocycles. The molecule has 0 bridgehead atoms. The molecule has 140 valence electrons. The third-order valence-corrected chi connectivity index (χ3v) is 8.52. The van der Waals surface area contributed by atoms with Crippen molar-refractivity contribution in [2.75, 3.05) is 12.0 Å². The Hall–Kier alpha value is -0.630. The van der Waals surface area contributed by atoms with Crippen LogP contribution in [0.25, 0.3) is 0 Å². The molecule has 1 nitrogen and oxygen atoms in total. The Morgan fingerprint density at radius 1 is 1.28 bits per heavy atom. The van der Waals surface area contributed by atoms with Crippen LogP contribution in [0.1, 0.15) is 65.7 Å². The predicted octanol–water partition coefficient (Wildman–Crippen LogP) is 6.93. The Kier molecular flexibility index (Phi) is 6.08. The maximum atomic E-state index is 9.57. The maximum absolute atomic E-state index is 9.57. The highest BCUT2D eigenvalue weighted by Gasteiger charge is 2.54. The summed E-state index contributed by atoms with van der Waals surface area (Å²) in [6.07, 6.45) is 17.4. The molecule has 25 heavy (non-hydrogen) atoms. The van der Waals surface area contributed by atoms with Gasteiger partial charge in [-0.15, -0.1) is 0 Å². The molecule has 0 aromatic heterocycles. The highest BCUT2D eigenvalue weighted by molar-refractivity contribution is 7.98. The molecular weight excluding hydrogens is 324 g/mol. The minimum absolute atomic E-state index is 0.573. The first-order valence-electron chi connectivity index (χ1n) is 10.3. The summed E-state index contributed by atoms with van der Waals surface area (Å²) in [7, 11) is 0. The lowest BCUT2D eigenvalue weighted by atomic mass is 9.53. The highest BCUT2D eigenvalue weighted by Crippen LogP contribution is 2.63. The molecule has 1 N–H and O–H groups in total. The van der Waals surface area contributed by atoms with Crippen molar-refractivity contribution >= 4 is 11.8 Å². The van der Waals surface area contributed by atoms with Gasteiger partial charge >= 0.3 is 0 Å². The van der Waals surface area contributed by atoms with Gasteiger partial charge in [0, 0.05) is 0 Å². The number of hydrogen-bond donors (Lipinski definition) is 1. The SMILES string of the molecule is C/C=C1/CCC2C(CCC3(C)C2CC[C@@H]3CSC)/C1=C/C(=C/O)CC. The van der Waals surface area contributed by atoms with Crippen LogP contribution in [0.15, 0.2) is 35.1 Å². The van der Waals surface area contributed by atoms with Gasteiger partial charge in [0.05, 0.1) is 6.26 Å². The van der Waals surface area contributed by atoms with Gasteiger partial charge in [-0.3, -0.25) is 0 Å². The average molecular weight is 361 g/mol. The van der Waals surface area contributed by atoms with Crippen LogP contribution in [0.4, 0.5) is 0 Å². The Morgan fingerprint density at radius 2 is 2.08 bits per heavy atom. The first kappa shape index (κ1) is 19.1. The molecule has 3 saturated carbocycles. The zero-order valence-corrected chi connectivity index (χ0v) is 17.4. The van der Waals surface area contributed by atoms with Crippen molar-refractivity contribution in [3.63, 3.8) is 0 Å². The zero-order valence-electron chi connectivity index (χ0n) is 16.6. The lowest BCUT2D eigenvalue weighted by Crippen LogP contribution is -2.44. The number of aliphatic hydroxyl groups is 1. The summed E-state index contributed by atoms with van der Waals surface area (Å²) in [5.74, 6) is 4.76. The standard InChI is InChI=1S/C23H36OS/c1-5-16(14-24)13-21-17(6-2)7-9-20-19(21)11-12-23(3)18(15-25-4)8-10-22(20)23/h6,13-14,18-20,22,24H,5,7-12,15H2,1-4H3/b16-14+,17-6-,21-13+/t18-,19?,20?,22?,23?/m1/s1. The van der Waals surface area contributed by atoms with Gasteiger partial charge < -0.3 is 5.11 Å². The van der Waals surface area contributed by atoms with Crippen LogP contribution in [0.3, 0.4) is 0 Å². The van der Waals surface area contributed by atoms with E-state index in [-0.39, 0.29) is 0 Å². The van der Waals surface area contributed by atoms with E-state index < -0.39 is 0 Å². The van der Waals surface area contributed by atoms with E-state index >= 15 is 0 Å². The fourth-order valence-electron chi connectivity index (χ4n) is 6.31. The van der Waals surface area contributed by atoms with Gasteiger partial charge in [-0.25, -0.2) is 0 Å². The van der Waals surface area contributed by atoms with Crippen LogP contribution < -0.4 is 0 Å².